The van der Waals surface area contributed by atoms with Crippen LogP contribution in [0.1, 0.15) is 19.0 Å². The van der Waals surface area contributed by atoms with Gasteiger partial charge in [0.05, 0.1) is 43.2 Å². The summed E-state index contributed by atoms with van der Waals surface area (Å²) in [5.74, 6) is -0.0115. The maximum Gasteiger partial charge on any atom is 0.317 e. The molecule has 1 aromatic carbocycles. The first kappa shape index (κ1) is 25.1. The Hall–Kier alpha value is -2.97. The van der Waals surface area contributed by atoms with E-state index >= 15 is 0 Å². The van der Waals surface area contributed by atoms with Crippen LogP contribution in [0.4, 0.5) is 4.39 Å². The minimum atomic E-state index is -3.35. The van der Waals surface area contributed by atoms with Crippen LogP contribution in [0.2, 0.25) is 0 Å². The van der Waals surface area contributed by atoms with Crippen LogP contribution < -0.4 is 9.46 Å². The maximum absolute atomic E-state index is 13.5. The predicted molar refractivity (Wildman–Crippen MR) is 123 cm³/mol. The maximum atomic E-state index is 13.5. The Morgan fingerprint density at radius 2 is 1.94 bits per heavy atom. The lowest BCUT2D eigenvalue weighted by Crippen LogP contribution is -2.45. The first-order valence-corrected chi connectivity index (χ1v) is 12.7. The van der Waals surface area contributed by atoms with Gasteiger partial charge in [0.2, 0.25) is 16.3 Å². The van der Waals surface area contributed by atoms with Gasteiger partial charge in [0.15, 0.2) is 5.82 Å². The number of hydrogen-bond acceptors (Lipinski definition) is 9. The van der Waals surface area contributed by atoms with E-state index in [-0.39, 0.29) is 44.8 Å². The van der Waals surface area contributed by atoms with Crippen molar-refractivity contribution in [1.82, 2.24) is 24.7 Å². The van der Waals surface area contributed by atoms with Gasteiger partial charge in [0.25, 0.3) is 0 Å². The second kappa shape index (κ2) is 10.3. The van der Waals surface area contributed by atoms with E-state index in [9.17, 15) is 12.8 Å². The third-order valence-electron chi connectivity index (χ3n) is 5.20. The quantitative estimate of drug-likeness (QED) is 0.393. The van der Waals surface area contributed by atoms with Gasteiger partial charge in [-0.15, -0.1) is 0 Å². The molecule has 0 aliphatic carbocycles. The van der Waals surface area contributed by atoms with Crippen molar-refractivity contribution in [3.05, 3.63) is 48.2 Å². The Morgan fingerprint density at radius 3 is 2.60 bits per heavy atom. The highest BCUT2D eigenvalue weighted by molar-refractivity contribution is 7.88. The van der Waals surface area contributed by atoms with Gasteiger partial charge in [-0.3, -0.25) is 0 Å². The van der Waals surface area contributed by atoms with Crippen LogP contribution in [0.5, 0.6) is 6.01 Å². The van der Waals surface area contributed by atoms with E-state index in [0.717, 1.165) is 6.26 Å². The molecular weight excluding hydrogens is 481 g/mol. The molecule has 0 bridgehead atoms. The van der Waals surface area contributed by atoms with Gasteiger partial charge >= 0.3 is 6.01 Å². The molecule has 1 aliphatic rings. The number of benzene rings is 1. The first-order chi connectivity index (χ1) is 16.7. The van der Waals surface area contributed by atoms with Crippen LogP contribution in [-0.4, -0.2) is 72.7 Å². The van der Waals surface area contributed by atoms with Crippen LogP contribution in [0.15, 0.2) is 36.5 Å². The number of hydrogen-bond donors (Lipinski definition) is 3. The van der Waals surface area contributed by atoms with E-state index in [4.69, 9.17) is 19.3 Å². The number of H-pyrrole nitrogens is 1. The second-order valence-corrected chi connectivity index (χ2v) is 10.3. The SMILES string of the molecule is CC1(CNS(C)(=O)=O)COC(c2nc(-c3ccc(F)cc3)c(-c3ccnc(OCCO)n3)[nH]2)OC1. The number of halogens is 1. The molecule has 1 saturated heterocycles. The second-order valence-electron chi connectivity index (χ2n) is 8.51. The molecule has 0 saturated carbocycles. The molecule has 0 unspecified atom stereocenters. The Kier molecular flexibility index (Phi) is 7.42. The summed E-state index contributed by atoms with van der Waals surface area (Å²) in [5.41, 5.74) is 1.55. The molecule has 2 aromatic heterocycles. The summed E-state index contributed by atoms with van der Waals surface area (Å²) >= 11 is 0. The van der Waals surface area contributed by atoms with Crippen molar-refractivity contribution < 1.29 is 32.1 Å². The molecule has 0 amide bonds. The standard InChI is InChI=1S/C22H26FN5O6S/c1-22(11-25-35(2,30)31)12-33-20(34-13-22)19-27-17(14-3-5-15(23)6-4-14)18(28-19)16-7-8-24-21(26-16)32-10-9-29/h3-8,20,25,29H,9-13H2,1-2H3,(H,27,28). The van der Waals surface area contributed by atoms with Gasteiger partial charge in [0.1, 0.15) is 12.4 Å². The molecule has 3 aromatic rings. The molecule has 13 heteroatoms. The summed E-state index contributed by atoms with van der Waals surface area (Å²) in [6.45, 7) is 2.34. The van der Waals surface area contributed by atoms with E-state index in [2.05, 4.69) is 24.7 Å². The zero-order chi connectivity index (χ0) is 25.1. The molecule has 0 radical (unpaired) electrons. The molecule has 4 rings (SSSR count). The number of sulfonamides is 1. The fourth-order valence-corrected chi connectivity index (χ4v) is 4.01. The van der Waals surface area contributed by atoms with Crippen molar-refractivity contribution in [2.24, 2.45) is 5.41 Å². The summed E-state index contributed by atoms with van der Waals surface area (Å²) < 4.78 is 56.0. The molecule has 3 heterocycles. The number of nitrogens with zero attached hydrogens (tertiary/aromatic N) is 3. The zero-order valence-electron chi connectivity index (χ0n) is 19.2. The van der Waals surface area contributed by atoms with Crippen molar-refractivity contribution in [2.45, 2.75) is 13.2 Å². The fraction of sp³-hybridized carbons (Fsp3) is 0.409. The topological polar surface area (TPSA) is 149 Å². The van der Waals surface area contributed by atoms with Gasteiger partial charge in [0, 0.05) is 23.7 Å². The average molecular weight is 508 g/mol. The van der Waals surface area contributed by atoms with Gasteiger partial charge in [-0.2, -0.15) is 4.98 Å². The smallest absolute Gasteiger partial charge is 0.317 e. The van der Waals surface area contributed by atoms with E-state index in [1.54, 1.807) is 18.2 Å². The molecule has 35 heavy (non-hydrogen) atoms. The van der Waals surface area contributed by atoms with Gasteiger partial charge in [-0.25, -0.2) is 27.5 Å². The number of ether oxygens (including phenoxy) is 3. The third-order valence-corrected chi connectivity index (χ3v) is 5.87. The normalized spacial score (nSPS) is 20.6. The van der Waals surface area contributed by atoms with Gasteiger partial charge in [-0.1, -0.05) is 6.92 Å². The average Bonchev–Trinajstić information content (AvgIpc) is 3.28. The number of aliphatic hydroxyl groups excluding tert-OH is 1. The van der Waals surface area contributed by atoms with E-state index in [1.807, 2.05) is 6.92 Å². The van der Waals surface area contributed by atoms with Crippen molar-refractivity contribution >= 4 is 10.0 Å². The largest absolute Gasteiger partial charge is 0.461 e. The molecule has 188 valence electrons. The van der Waals surface area contributed by atoms with Crippen molar-refractivity contribution in [2.75, 3.05) is 39.2 Å². The van der Waals surface area contributed by atoms with Crippen LogP contribution in [0, 0.1) is 11.2 Å². The predicted octanol–water partition coefficient (Wildman–Crippen LogP) is 1.64. The van der Waals surface area contributed by atoms with Crippen molar-refractivity contribution in [3.63, 3.8) is 0 Å². The van der Waals surface area contributed by atoms with Gasteiger partial charge < -0.3 is 24.3 Å². The monoisotopic (exact) mass is 507 g/mol. The number of nitrogens with one attached hydrogen (secondary N) is 2. The van der Waals surface area contributed by atoms with E-state index in [0.29, 0.717) is 28.5 Å². The lowest BCUT2D eigenvalue weighted by molar-refractivity contribution is -0.231. The number of aromatic amines is 1. The Morgan fingerprint density at radius 1 is 1.23 bits per heavy atom. The highest BCUT2D eigenvalue weighted by Crippen LogP contribution is 2.35. The molecular formula is C22H26FN5O6S. The number of imidazole rings is 1. The lowest BCUT2D eigenvalue weighted by Gasteiger charge is -2.36. The molecule has 1 aliphatic heterocycles. The van der Waals surface area contributed by atoms with Crippen LogP contribution >= 0.6 is 0 Å². The van der Waals surface area contributed by atoms with Crippen LogP contribution in [0.3, 0.4) is 0 Å². The summed E-state index contributed by atoms with van der Waals surface area (Å²) in [6, 6.07) is 7.59. The van der Waals surface area contributed by atoms with Crippen molar-refractivity contribution in [3.8, 4) is 28.7 Å². The summed E-state index contributed by atoms with van der Waals surface area (Å²) in [7, 11) is -3.35. The Balaban J connectivity index is 1.62. The van der Waals surface area contributed by atoms with E-state index < -0.39 is 21.7 Å². The third kappa shape index (κ3) is 6.38. The minimum Gasteiger partial charge on any atom is -0.461 e. The van der Waals surface area contributed by atoms with Crippen LogP contribution in [-0.2, 0) is 19.5 Å². The Labute approximate surface area is 201 Å². The van der Waals surface area contributed by atoms with Crippen LogP contribution in [0.25, 0.3) is 22.6 Å². The highest BCUT2D eigenvalue weighted by Gasteiger charge is 2.35. The number of rotatable bonds is 9. The summed E-state index contributed by atoms with van der Waals surface area (Å²) in [4.78, 5) is 16.3. The van der Waals surface area contributed by atoms with Gasteiger partial charge in [-0.05, 0) is 30.3 Å². The summed E-state index contributed by atoms with van der Waals surface area (Å²) in [5, 5.41) is 9.00. The Bertz CT molecular complexity index is 1260. The zero-order valence-corrected chi connectivity index (χ0v) is 20.0. The van der Waals surface area contributed by atoms with Crippen molar-refractivity contribution in [1.29, 1.82) is 0 Å². The minimum absolute atomic E-state index is 0.0409. The number of aliphatic hydroxyl groups is 1. The first-order valence-electron chi connectivity index (χ1n) is 10.8. The number of aromatic nitrogens is 4. The fourth-order valence-electron chi connectivity index (χ4n) is 3.40. The summed E-state index contributed by atoms with van der Waals surface area (Å²) in [6.07, 6.45) is 1.78. The molecule has 11 nitrogen and oxygen atoms in total. The highest BCUT2D eigenvalue weighted by atomic mass is 32.2. The molecule has 1 fully saturated rings. The molecule has 0 atom stereocenters. The lowest BCUT2D eigenvalue weighted by atomic mass is 9.92. The van der Waals surface area contributed by atoms with E-state index in [1.165, 1.54) is 18.3 Å². The molecule has 0 spiro atoms. The molecule has 3 N–H and O–H groups in total.